The first-order chi connectivity index (χ1) is 14.5. The molecule has 0 aliphatic carbocycles. The van der Waals surface area contributed by atoms with Crippen molar-refractivity contribution in [3.05, 3.63) is 59.9 Å². The minimum Gasteiger partial charge on any atom is -0.490 e. The van der Waals surface area contributed by atoms with Crippen LogP contribution in [0.4, 0.5) is 8.78 Å². The number of fused-ring (bicyclic) bond motifs is 2. The lowest BCUT2D eigenvalue weighted by Gasteiger charge is -2.14. The van der Waals surface area contributed by atoms with E-state index in [2.05, 4.69) is 10.3 Å². The maximum Gasteiger partial charge on any atom is 0.320 e. The van der Waals surface area contributed by atoms with Crippen LogP contribution < -0.4 is 14.8 Å². The van der Waals surface area contributed by atoms with Crippen LogP contribution in [-0.4, -0.2) is 28.7 Å². The lowest BCUT2D eigenvalue weighted by atomic mass is 10.2. The van der Waals surface area contributed by atoms with E-state index in [1.54, 1.807) is 49.4 Å². The Balaban J connectivity index is 1.49. The number of hydrogen-bond donors (Lipinski definition) is 1. The first-order valence-electron chi connectivity index (χ1n) is 9.66. The van der Waals surface area contributed by atoms with Gasteiger partial charge in [-0.3, -0.25) is 9.36 Å². The zero-order valence-electron chi connectivity index (χ0n) is 16.3. The summed E-state index contributed by atoms with van der Waals surface area (Å²) >= 11 is 0. The van der Waals surface area contributed by atoms with E-state index < -0.39 is 18.5 Å². The molecule has 1 N–H and O–H groups in total. The van der Waals surface area contributed by atoms with Gasteiger partial charge in [-0.1, -0.05) is 18.2 Å². The van der Waals surface area contributed by atoms with Gasteiger partial charge in [-0.05, 0) is 42.8 Å². The van der Waals surface area contributed by atoms with Crippen molar-refractivity contribution >= 4 is 23.0 Å². The van der Waals surface area contributed by atoms with Gasteiger partial charge >= 0.3 is 6.55 Å². The second-order valence-corrected chi connectivity index (χ2v) is 6.93. The highest BCUT2D eigenvalue weighted by molar-refractivity contribution is 5.92. The molecule has 2 heterocycles. The first kappa shape index (κ1) is 19.9. The highest BCUT2D eigenvalue weighted by Gasteiger charge is 2.22. The Morgan fingerprint density at radius 3 is 2.73 bits per heavy atom. The van der Waals surface area contributed by atoms with Gasteiger partial charge in [0.15, 0.2) is 11.5 Å². The highest BCUT2D eigenvalue weighted by Crippen LogP contribution is 2.31. The predicted molar refractivity (Wildman–Crippen MR) is 109 cm³/mol. The van der Waals surface area contributed by atoms with Crippen molar-refractivity contribution in [2.45, 2.75) is 25.9 Å². The highest BCUT2D eigenvalue weighted by atomic mass is 19.3. The topological polar surface area (TPSA) is 65.4 Å². The van der Waals surface area contributed by atoms with Crippen molar-refractivity contribution in [3.63, 3.8) is 0 Å². The van der Waals surface area contributed by atoms with Crippen LogP contribution in [0.15, 0.2) is 48.5 Å². The van der Waals surface area contributed by atoms with Crippen LogP contribution in [0.5, 0.6) is 11.5 Å². The van der Waals surface area contributed by atoms with Crippen LogP contribution in [0.2, 0.25) is 0 Å². The fourth-order valence-electron chi connectivity index (χ4n) is 3.36. The number of ether oxygens (including phenoxy) is 2. The summed E-state index contributed by atoms with van der Waals surface area (Å²) in [6, 6.07) is 11.4. The smallest absolute Gasteiger partial charge is 0.320 e. The molecule has 0 saturated carbocycles. The Morgan fingerprint density at radius 2 is 1.93 bits per heavy atom. The Labute approximate surface area is 172 Å². The third-order valence-electron chi connectivity index (χ3n) is 4.76. The summed E-state index contributed by atoms with van der Waals surface area (Å²) in [6.07, 6.45) is 3.79. The first-order valence-corrected chi connectivity index (χ1v) is 9.66. The van der Waals surface area contributed by atoms with Crippen molar-refractivity contribution in [1.29, 1.82) is 0 Å². The van der Waals surface area contributed by atoms with Crippen LogP contribution in [-0.2, 0) is 4.79 Å². The van der Waals surface area contributed by atoms with Gasteiger partial charge < -0.3 is 14.8 Å². The van der Waals surface area contributed by atoms with Crippen molar-refractivity contribution in [1.82, 2.24) is 14.9 Å². The van der Waals surface area contributed by atoms with Crippen LogP contribution in [0.1, 0.15) is 37.3 Å². The standard InChI is InChI=1S/C22H21F2N3O3/c1-14(21-26-16-5-2-3-6-17(16)27(21)22(23)24)25-20(28)10-8-15-7-9-18-19(13-15)30-12-4-11-29-18/h2-3,5-10,13-14,22H,4,11-12H2,1H3,(H,25,28)/b10-8+. The van der Waals surface area contributed by atoms with Crippen LogP contribution in [0.25, 0.3) is 17.1 Å². The van der Waals surface area contributed by atoms with Gasteiger partial charge in [0.05, 0.1) is 30.3 Å². The molecule has 0 saturated heterocycles. The van der Waals surface area contributed by atoms with Crippen LogP contribution >= 0.6 is 0 Å². The largest absolute Gasteiger partial charge is 0.490 e. The number of nitrogens with one attached hydrogen (secondary N) is 1. The number of nitrogens with zero attached hydrogens (tertiary/aromatic N) is 2. The number of amides is 1. The van der Waals surface area contributed by atoms with Gasteiger partial charge in [0.1, 0.15) is 5.82 Å². The average Bonchev–Trinajstić information content (AvgIpc) is 2.98. The average molecular weight is 413 g/mol. The summed E-state index contributed by atoms with van der Waals surface area (Å²) in [5.74, 6) is 0.994. The van der Waals surface area contributed by atoms with Gasteiger partial charge in [-0.25, -0.2) is 4.98 Å². The molecule has 30 heavy (non-hydrogen) atoms. The Hall–Kier alpha value is -3.42. The van der Waals surface area contributed by atoms with Crippen molar-refractivity contribution < 1.29 is 23.0 Å². The molecule has 0 bridgehead atoms. The van der Waals surface area contributed by atoms with Gasteiger partial charge in [-0.2, -0.15) is 8.78 Å². The Bertz CT molecular complexity index is 1090. The van der Waals surface area contributed by atoms with E-state index in [0.29, 0.717) is 35.7 Å². The number of hydrogen-bond acceptors (Lipinski definition) is 4. The summed E-state index contributed by atoms with van der Waals surface area (Å²) in [5.41, 5.74) is 1.55. The maximum absolute atomic E-state index is 13.6. The molecule has 0 radical (unpaired) electrons. The molecule has 1 atom stereocenters. The number of benzene rings is 2. The molecule has 4 rings (SSSR count). The molecule has 3 aromatic rings. The molecule has 2 aromatic carbocycles. The summed E-state index contributed by atoms with van der Waals surface area (Å²) in [4.78, 5) is 16.6. The quantitative estimate of drug-likeness (QED) is 0.627. The van der Waals surface area contributed by atoms with E-state index in [0.717, 1.165) is 16.6 Å². The summed E-state index contributed by atoms with van der Waals surface area (Å²) < 4.78 is 39.3. The van der Waals surface area contributed by atoms with E-state index in [1.165, 1.54) is 6.08 Å². The molecular weight excluding hydrogens is 392 g/mol. The van der Waals surface area contributed by atoms with Crippen molar-refractivity contribution in [3.8, 4) is 11.5 Å². The molecule has 156 valence electrons. The monoisotopic (exact) mass is 413 g/mol. The van der Waals surface area contributed by atoms with E-state index >= 15 is 0 Å². The molecule has 8 heteroatoms. The van der Waals surface area contributed by atoms with Gasteiger partial charge in [0.25, 0.3) is 0 Å². The number of rotatable bonds is 5. The SMILES string of the molecule is CC(NC(=O)/C=C/c1ccc2c(c1)OCCCO2)c1nc2ccccc2n1C(F)F. The van der Waals surface area contributed by atoms with Gasteiger partial charge in [0.2, 0.25) is 5.91 Å². The molecule has 0 spiro atoms. The number of carbonyl (C=O) groups is 1. The lowest BCUT2D eigenvalue weighted by molar-refractivity contribution is -0.117. The summed E-state index contributed by atoms with van der Waals surface area (Å²) in [6.45, 7) is 0.0401. The molecule has 1 aromatic heterocycles. The lowest BCUT2D eigenvalue weighted by Crippen LogP contribution is -2.27. The van der Waals surface area contributed by atoms with Gasteiger partial charge in [0, 0.05) is 12.5 Å². The molecular formula is C22H21F2N3O3. The minimum absolute atomic E-state index is 0.100. The van der Waals surface area contributed by atoms with E-state index in [-0.39, 0.29) is 5.82 Å². The number of carbonyl (C=O) groups excluding carboxylic acids is 1. The number of imidazole rings is 1. The summed E-state index contributed by atoms with van der Waals surface area (Å²) in [7, 11) is 0. The maximum atomic E-state index is 13.6. The van der Waals surface area contributed by atoms with Crippen LogP contribution in [0.3, 0.4) is 0 Å². The fraction of sp³-hybridized carbons (Fsp3) is 0.273. The van der Waals surface area contributed by atoms with Crippen molar-refractivity contribution in [2.75, 3.05) is 13.2 Å². The van der Waals surface area contributed by atoms with Crippen LogP contribution in [0, 0.1) is 0 Å². The summed E-state index contributed by atoms with van der Waals surface area (Å²) in [5, 5.41) is 2.70. The molecule has 1 aliphatic rings. The third-order valence-corrected chi connectivity index (χ3v) is 4.76. The number of alkyl halides is 2. The zero-order valence-corrected chi connectivity index (χ0v) is 16.3. The number of halogens is 2. The van der Waals surface area contributed by atoms with E-state index in [4.69, 9.17) is 9.47 Å². The third kappa shape index (κ3) is 4.12. The normalized spacial score (nSPS) is 14.8. The Kier molecular flexibility index (Phi) is 5.65. The second-order valence-electron chi connectivity index (χ2n) is 6.93. The second kappa shape index (κ2) is 8.52. The molecule has 6 nitrogen and oxygen atoms in total. The number of para-hydroxylation sites is 2. The molecule has 1 amide bonds. The van der Waals surface area contributed by atoms with Crippen molar-refractivity contribution in [2.24, 2.45) is 0 Å². The van der Waals surface area contributed by atoms with E-state index in [1.807, 2.05) is 6.07 Å². The molecule has 0 fully saturated rings. The Morgan fingerprint density at radius 1 is 1.17 bits per heavy atom. The predicted octanol–water partition coefficient (Wildman–Crippen LogP) is 4.48. The number of aromatic nitrogens is 2. The zero-order chi connectivity index (χ0) is 21.1. The molecule has 1 aliphatic heterocycles. The van der Waals surface area contributed by atoms with E-state index in [9.17, 15) is 13.6 Å². The fourth-order valence-corrected chi connectivity index (χ4v) is 3.36. The minimum atomic E-state index is -2.76. The molecule has 1 unspecified atom stereocenters. The van der Waals surface area contributed by atoms with Gasteiger partial charge in [-0.15, -0.1) is 0 Å².